The average Bonchev–Trinajstić information content (AvgIpc) is 2.57. The topological polar surface area (TPSA) is 82.1 Å². The second-order valence-corrected chi connectivity index (χ2v) is 6.78. The maximum atomic E-state index is 12.6. The number of carbonyl (C=O) groups excluding carboxylic acids is 2. The van der Waals surface area contributed by atoms with Crippen LogP contribution in [0.1, 0.15) is 32.4 Å². The van der Waals surface area contributed by atoms with Crippen LogP contribution in [0.2, 0.25) is 0 Å². The Kier molecular flexibility index (Phi) is 6.19. The Morgan fingerprint density at radius 2 is 1.92 bits per heavy atom. The van der Waals surface area contributed by atoms with Crippen molar-refractivity contribution in [1.29, 1.82) is 0 Å². The Labute approximate surface area is 149 Å². The number of rotatable bonds is 5. The lowest BCUT2D eigenvalue weighted by molar-refractivity contribution is -0.188. The molecule has 2 rings (SSSR count). The molecule has 0 radical (unpaired) electrons. The molecule has 7 nitrogen and oxygen atoms in total. The number of benzene rings is 1. The van der Waals surface area contributed by atoms with E-state index in [1.807, 2.05) is 0 Å². The van der Waals surface area contributed by atoms with Gasteiger partial charge in [-0.2, -0.15) is 0 Å². The third kappa shape index (κ3) is 4.19. The van der Waals surface area contributed by atoms with E-state index in [1.165, 1.54) is 12.0 Å². The summed E-state index contributed by atoms with van der Waals surface area (Å²) in [5, 5.41) is 1.33. The maximum Gasteiger partial charge on any atom is 0.349 e. The molecule has 0 saturated carbocycles. The fourth-order valence-corrected chi connectivity index (χ4v) is 4.00. The summed E-state index contributed by atoms with van der Waals surface area (Å²) < 4.78 is 22.7. The third-order valence-electron chi connectivity index (χ3n) is 3.67. The van der Waals surface area contributed by atoms with E-state index in [9.17, 15) is 13.8 Å². The summed E-state index contributed by atoms with van der Waals surface area (Å²) >= 11 is 0. The third-order valence-corrected chi connectivity index (χ3v) is 5.20. The van der Waals surface area contributed by atoms with Gasteiger partial charge >= 0.3 is 11.9 Å². The van der Waals surface area contributed by atoms with Crippen molar-refractivity contribution in [1.82, 2.24) is 5.06 Å². The van der Waals surface area contributed by atoms with Gasteiger partial charge in [0.25, 0.3) is 0 Å². The zero-order valence-corrected chi connectivity index (χ0v) is 15.4. The highest BCUT2D eigenvalue weighted by atomic mass is 32.2. The molecule has 1 aliphatic heterocycles. The molecular weight excluding hydrogens is 346 g/mol. The predicted octanol–water partition coefficient (Wildman–Crippen LogP) is 2.07. The van der Waals surface area contributed by atoms with E-state index < -0.39 is 28.8 Å². The van der Waals surface area contributed by atoms with Crippen LogP contribution in [0.4, 0.5) is 0 Å². The number of nitrogens with zero attached hydrogens (tertiary/aromatic N) is 1. The number of ether oxygens (including phenoxy) is 2. The van der Waals surface area contributed by atoms with E-state index in [0.29, 0.717) is 11.4 Å². The molecule has 0 unspecified atom stereocenters. The van der Waals surface area contributed by atoms with Crippen molar-refractivity contribution in [3.05, 3.63) is 40.4 Å². The van der Waals surface area contributed by atoms with Gasteiger partial charge in [0.15, 0.2) is 0 Å². The van der Waals surface area contributed by atoms with Gasteiger partial charge in [-0.1, -0.05) is 12.1 Å². The lowest BCUT2D eigenvalue weighted by Crippen LogP contribution is -2.39. The highest BCUT2D eigenvalue weighted by molar-refractivity contribution is 7.90. The van der Waals surface area contributed by atoms with E-state index in [0.717, 1.165) is 5.56 Å². The Balaban J connectivity index is 2.45. The van der Waals surface area contributed by atoms with Gasteiger partial charge in [-0.05, 0) is 31.5 Å². The lowest BCUT2D eigenvalue weighted by Gasteiger charge is -2.36. The molecular formula is C17H21NO6S. The molecule has 0 spiro atoms. The van der Waals surface area contributed by atoms with Crippen LogP contribution in [0.5, 0.6) is 5.75 Å². The van der Waals surface area contributed by atoms with Gasteiger partial charge in [0, 0.05) is 6.92 Å². The van der Waals surface area contributed by atoms with Crippen molar-refractivity contribution in [3.8, 4) is 5.75 Å². The molecule has 0 N–H and O–H groups in total. The normalized spacial score (nSPS) is 20.2. The molecule has 1 heterocycles. The SMILES string of the molecule is CCOC(=O)C1=C(C)N(OC(C)=O)[C@@H](c2ccc(OC)cc2)C[S@]1=O. The largest absolute Gasteiger partial charge is 0.497 e. The van der Waals surface area contributed by atoms with E-state index >= 15 is 0 Å². The summed E-state index contributed by atoms with van der Waals surface area (Å²) in [7, 11) is -0.00818. The van der Waals surface area contributed by atoms with Gasteiger partial charge in [-0.25, -0.2) is 9.86 Å². The van der Waals surface area contributed by atoms with Crippen LogP contribution in [-0.4, -0.2) is 40.7 Å². The van der Waals surface area contributed by atoms with Crippen LogP contribution in [0.25, 0.3) is 0 Å². The number of hydrogen-bond acceptors (Lipinski definition) is 7. The van der Waals surface area contributed by atoms with Gasteiger partial charge in [0.1, 0.15) is 16.7 Å². The zero-order chi connectivity index (χ0) is 18.6. The summed E-state index contributed by atoms with van der Waals surface area (Å²) in [5.74, 6) is -0.415. The van der Waals surface area contributed by atoms with E-state index in [4.69, 9.17) is 14.3 Å². The predicted molar refractivity (Wildman–Crippen MR) is 91.7 cm³/mol. The monoisotopic (exact) mass is 367 g/mol. The minimum Gasteiger partial charge on any atom is -0.497 e. The number of methoxy groups -OCH3 is 1. The molecule has 25 heavy (non-hydrogen) atoms. The standard InChI is InChI=1S/C17H21NO6S/c1-5-23-17(20)16-11(2)18(24-12(3)19)15(10-25(16)21)13-6-8-14(22-4)9-7-13/h6-9,15H,5,10H2,1-4H3/t15-,25-/m1/s1. The quantitative estimate of drug-likeness (QED) is 0.737. The number of esters is 1. The Morgan fingerprint density at radius 3 is 2.44 bits per heavy atom. The summed E-state index contributed by atoms with van der Waals surface area (Å²) in [4.78, 5) is 29.0. The van der Waals surface area contributed by atoms with Crippen LogP contribution in [0, 0.1) is 0 Å². The number of allylic oxidation sites excluding steroid dienone is 1. The van der Waals surface area contributed by atoms with Gasteiger partial charge in [-0.15, -0.1) is 0 Å². The highest BCUT2D eigenvalue weighted by Crippen LogP contribution is 2.35. The first kappa shape index (κ1) is 19.0. The Hall–Kier alpha value is -2.35. The lowest BCUT2D eigenvalue weighted by atomic mass is 10.1. The van der Waals surface area contributed by atoms with Crippen LogP contribution < -0.4 is 4.74 Å². The van der Waals surface area contributed by atoms with Gasteiger partial charge in [0.05, 0.1) is 36.0 Å². The van der Waals surface area contributed by atoms with Crippen LogP contribution >= 0.6 is 0 Å². The first-order chi connectivity index (χ1) is 11.9. The molecule has 1 aromatic carbocycles. The molecule has 0 saturated heterocycles. The van der Waals surface area contributed by atoms with Crippen LogP contribution in [0.3, 0.4) is 0 Å². The van der Waals surface area contributed by atoms with Gasteiger partial charge in [-0.3, -0.25) is 9.00 Å². The molecule has 0 aromatic heterocycles. The molecule has 136 valence electrons. The maximum absolute atomic E-state index is 12.6. The molecule has 1 aliphatic rings. The van der Waals surface area contributed by atoms with E-state index in [2.05, 4.69) is 0 Å². The second-order valence-electron chi connectivity index (χ2n) is 5.34. The first-order valence-corrected chi connectivity index (χ1v) is 9.09. The summed E-state index contributed by atoms with van der Waals surface area (Å²) in [6.45, 7) is 4.70. The summed E-state index contributed by atoms with van der Waals surface area (Å²) in [6.07, 6.45) is 0. The molecule has 0 fully saturated rings. The molecule has 0 bridgehead atoms. The van der Waals surface area contributed by atoms with Gasteiger partial charge in [0.2, 0.25) is 0 Å². The minimum atomic E-state index is -1.57. The minimum absolute atomic E-state index is 0.0212. The van der Waals surface area contributed by atoms with Crippen LogP contribution in [-0.2, 0) is 30.0 Å². The smallest absolute Gasteiger partial charge is 0.349 e. The van der Waals surface area contributed by atoms with Crippen molar-refractivity contribution < 1.29 is 28.1 Å². The molecule has 8 heteroatoms. The highest BCUT2D eigenvalue weighted by Gasteiger charge is 2.37. The second kappa shape index (κ2) is 8.15. The Bertz CT molecular complexity index is 712. The fourth-order valence-electron chi connectivity index (χ4n) is 2.56. The summed E-state index contributed by atoms with van der Waals surface area (Å²) in [5.41, 5.74) is 1.09. The van der Waals surface area contributed by atoms with Crippen LogP contribution in [0.15, 0.2) is 34.9 Å². The van der Waals surface area contributed by atoms with Crippen molar-refractivity contribution in [2.75, 3.05) is 19.5 Å². The van der Waals surface area contributed by atoms with E-state index in [1.54, 1.807) is 45.2 Å². The molecule has 0 amide bonds. The zero-order valence-electron chi connectivity index (χ0n) is 14.6. The number of hydrogen-bond donors (Lipinski definition) is 0. The molecule has 1 aromatic rings. The average molecular weight is 367 g/mol. The number of carbonyl (C=O) groups is 2. The number of hydroxylamine groups is 2. The summed E-state index contributed by atoms with van der Waals surface area (Å²) in [6, 6.07) is 6.67. The molecule has 0 aliphatic carbocycles. The fraction of sp³-hybridized carbons (Fsp3) is 0.412. The Morgan fingerprint density at radius 1 is 1.28 bits per heavy atom. The van der Waals surface area contributed by atoms with Crippen molar-refractivity contribution in [2.24, 2.45) is 0 Å². The van der Waals surface area contributed by atoms with Crippen molar-refractivity contribution in [3.63, 3.8) is 0 Å². The van der Waals surface area contributed by atoms with Gasteiger partial charge < -0.3 is 14.3 Å². The van der Waals surface area contributed by atoms with Crippen molar-refractivity contribution >= 4 is 22.7 Å². The first-order valence-electron chi connectivity index (χ1n) is 7.77. The molecule has 2 atom stereocenters. The van der Waals surface area contributed by atoms with E-state index in [-0.39, 0.29) is 17.3 Å². The van der Waals surface area contributed by atoms with Crippen molar-refractivity contribution in [2.45, 2.75) is 26.8 Å².